The molecule has 6 heteroatoms. The summed E-state index contributed by atoms with van der Waals surface area (Å²) in [4.78, 5) is 25.5. The molecular weight excluding hydrogens is 375 g/mol. The van der Waals surface area contributed by atoms with Crippen LogP contribution in [0.15, 0.2) is 48.5 Å². The highest BCUT2D eigenvalue weighted by Crippen LogP contribution is 2.42. The Morgan fingerprint density at radius 2 is 1.79 bits per heavy atom. The Morgan fingerprint density at radius 1 is 1.10 bits per heavy atom. The van der Waals surface area contributed by atoms with Crippen LogP contribution in [-0.2, 0) is 14.3 Å². The third-order valence-corrected chi connectivity index (χ3v) is 5.00. The first-order chi connectivity index (χ1) is 14.0. The van der Waals surface area contributed by atoms with Crippen LogP contribution in [0.3, 0.4) is 0 Å². The predicted octanol–water partition coefficient (Wildman–Crippen LogP) is 4.16. The van der Waals surface area contributed by atoms with Gasteiger partial charge in [-0.05, 0) is 60.4 Å². The summed E-state index contributed by atoms with van der Waals surface area (Å²) >= 11 is 0. The molecule has 1 aliphatic carbocycles. The highest BCUT2D eigenvalue weighted by Gasteiger charge is 2.40. The molecule has 0 spiro atoms. The van der Waals surface area contributed by atoms with Crippen molar-refractivity contribution >= 4 is 17.3 Å². The molecule has 152 valence electrons. The molecular formula is C23H23FO5. The number of halogens is 1. The van der Waals surface area contributed by atoms with E-state index in [4.69, 9.17) is 14.2 Å². The Hall–Kier alpha value is -3.15. The number of carbonyl (C=O) groups excluding carboxylic acids is 2. The van der Waals surface area contributed by atoms with Gasteiger partial charge in [0.05, 0.1) is 20.8 Å². The Balaban J connectivity index is 2.09. The van der Waals surface area contributed by atoms with Crippen molar-refractivity contribution in [2.45, 2.75) is 19.3 Å². The van der Waals surface area contributed by atoms with Gasteiger partial charge in [0.1, 0.15) is 23.2 Å². The first kappa shape index (κ1) is 20.6. The number of ketones is 1. The van der Waals surface area contributed by atoms with Gasteiger partial charge in [0.15, 0.2) is 5.78 Å². The molecule has 2 aromatic rings. The van der Waals surface area contributed by atoms with Crippen molar-refractivity contribution in [1.82, 2.24) is 0 Å². The summed E-state index contributed by atoms with van der Waals surface area (Å²) in [6.45, 7) is 1.88. The molecule has 0 fully saturated rings. The van der Waals surface area contributed by atoms with E-state index in [9.17, 15) is 14.0 Å². The van der Waals surface area contributed by atoms with E-state index < -0.39 is 17.8 Å². The van der Waals surface area contributed by atoms with E-state index in [0.717, 1.165) is 5.56 Å². The Kier molecular flexibility index (Phi) is 6.32. The number of ether oxygens (including phenoxy) is 3. The van der Waals surface area contributed by atoms with Gasteiger partial charge in [0.25, 0.3) is 0 Å². The smallest absolute Gasteiger partial charge is 0.317 e. The number of carbonyl (C=O) groups is 2. The first-order valence-corrected chi connectivity index (χ1v) is 9.36. The van der Waals surface area contributed by atoms with Crippen LogP contribution in [0.5, 0.6) is 11.5 Å². The zero-order valence-electron chi connectivity index (χ0n) is 16.6. The Morgan fingerprint density at radius 3 is 2.38 bits per heavy atom. The summed E-state index contributed by atoms with van der Waals surface area (Å²) in [6.07, 6.45) is 1.79. The van der Waals surface area contributed by atoms with Crippen molar-refractivity contribution in [1.29, 1.82) is 0 Å². The number of hydrogen-bond donors (Lipinski definition) is 0. The van der Waals surface area contributed by atoms with Gasteiger partial charge < -0.3 is 14.2 Å². The predicted molar refractivity (Wildman–Crippen MR) is 106 cm³/mol. The fourth-order valence-electron chi connectivity index (χ4n) is 3.63. The average Bonchev–Trinajstić information content (AvgIpc) is 2.72. The molecule has 0 unspecified atom stereocenters. The van der Waals surface area contributed by atoms with Crippen LogP contribution in [0.1, 0.15) is 30.4 Å². The number of methoxy groups -OCH3 is 2. The van der Waals surface area contributed by atoms with E-state index in [2.05, 4.69) is 0 Å². The van der Waals surface area contributed by atoms with E-state index in [1.54, 1.807) is 37.3 Å². The van der Waals surface area contributed by atoms with Crippen molar-refractivity contribution in [3.05, 3.63) is 65.5 Å². The number of hydrogen-bond acceptors (Lipinski definition) is 5. The molecule has 1 aliphatic rings. The normalized spacial score (nSPS) is 18.8. The lowest BCUT2D eigenvalue weighted by Crippen LogP contribution is -2.34. The first-order valence-electron chi connectivity index (χ1n) is 9.36. The zero-order valence-corrected chi connectivity index (χ0v) is 16.6. The molecule has 2 aromatic carbocycles. The summed E-state index contributed by atoms with van der Waals surface area (Å²) < 4.78 is 29.6. The zero-order chi connectivity index (χ0) is 21.0. The quantitative estimate of drug-likeness (QED) is 0.540. The van der Waals surface area contributed by atoms with Crippen molar-refractivity contribution in [2.75, 3.05) is 20.8 Å². The van der Waals surface area contributed by atoms with Crippen LogP contribution in [0.25, 0.3) is 5.57 Å². The lowest BCUT2D eigenvalue weighted by molar-refractivity contribution is -0.151. The molecule has 0 aromatic heterocycles. The second kappa shape index (κ2) is 8.90. The monoisotopic (exact) mass is 398 g/mol. The van der Waals surface area contributed by atoms with Gasteiger partial charge in [-0.25, -0.2) is 4.39 Å². The van der Waals surface area contributed by atoms with Crippen molar-refractivity contribution in [3.63, 3.8) is 0 Å². The van der Waals surface area contributed by atoms with Gasteiger partial charge in [-0.3, -0.25) is 9.59 Å². The molecule has 0 bridgehead atoms. The summed E-state index contributed by atoms with van der Waals surface area (Å²) in [5.41, 5.74) is 2.00. The van der Waals surface area contributed by atoms with Crippen LogP contribution in [0.4, 0.5) is 4.39 Å². The molecule has 29 heavy (non-hydrogen) atoms. The van der Waals surface area contributed by atoms with E-state index >= 15 is 0 Å². The largest absolute Gasteiger partial charge is 0.497 e. The Bertz CT molecular complexity index is 928. The van der Waals surface area contributed by atoms with Crippen LogP contribution in [0.2, 0.25) is 0 Å². The topological polar surface area (TPSA) is 61.8 Å². The molecule has 0 aliphatic heterocycles. The molecule has 0 heterocycles. The summed E-state index contributed by atoms with van der Waals surface area (Å²) in [7, 11) is 3.07. The standard InChI is InChI=1S/C23H23FO5/c1-4-29-23(26)22-20(16-9-18(27-2)13-19(10-16)28-3)11-15(12-21(22)25)14-6-5-7-17(24)8-14/h5-10,12-13,20,22H,4,11H2,1-3H3/t20-,22-/m1/s1. The van der Waals surface area contributed by atoms with Gasteiger partial charge in [0.2, 0.25) is 0 Å². The second-order valence-electron chi connectivity index (χ2n) is 6.77. The minimum atomic E-state index is -0.982. The number of allylic oxidation sites excluding steroid dienone is 2. The second-order valence-corrected chi connectivity index (χ2v) is 6.77. The third-order valence-electron chi connectivity index (χ3n) is 5.00. The fourth-order valence-corrected chi connectivity index (χ4v) is 3.63. The molecule has 0 amide bonds. The molecule has 5 nitrogen and oxygen atoms in total. The van der Waals surface area contributed by atoms with Gasteiger partial charge in [0, 0.05) is 12.0 Å². The van der Waals surface area contributed by atoms with Gasteiger partial charge in [-0.2, -0.15) is 0 Å². The minimum Gasteiger partial charge on any atom is -0.497 e. The lowest BCUT2D eigenvalue weighted by Gasteiger charge is -2.30. The summed E-state index contributed by atoms with van der Waals surface area (Å²) in [5, 5.41) is 0. The number of benzene rings is 2. The maximum atomic E-state index is 13.7. The maximum absolute atomic E-state index is 13.7. The van der Waals surface area contributed by atoms with E-state index in [1.807, 2.05) is 0 Å². The summed E-state index contributed by atoms with van der Waals surface area (Å²) in [5.74, 6) is -1.69. The van der Waals surface area contributed by atoms with Crippen LogP contribution in [-0.4, -0.2) is 32.6 Å². The molecule has 0 saturated heterocycles. The molecule has 0 radical (unpaired) electrons. The SMILES string of the molecule is CCOC(=O)[C@H]1C(=O)C=C(c2cccc(F)c2)C[C@@H]1c1cc(OC)cc(OC)c1. The molecule has 2 atom stereocenters. The van der Waals surface area contributed by atoms with Gasteiger partial charge in [-0.1, -0.05) is 12.1 Å². The van der Waals surface area contributed by atoms with Crippen LogP contribution >= 0.6 is 0 Å². The van der Waals surface area contributed by atoms with Crippen LogP contribution < -0.4 is 9.47 Å². The Labute approximate surface area is 169 Å². The van der Waals surface area contributed by atoms with Gasteiger partial charge in [-0.15, -0.1) is 0 Å². The van der Waals surface area contributed by atoms with Crippen molar-refractivity contribution in [3.8, 4) is 11.5 Å². The average molecular weight is 398 g/mol. The summed E-state index contributed by atoms with van der Waals surface area (Å²) in [6, 6.07) is 11.3. The van der Waals surface area contributed by atoms with E-state index in [-0.39, 0.29) is 18.2 Å². The van der Waals surface area contributed by atoms with E-state index in [1.165, 1.54) is 32.4 Å². The van der Waals surface area contributed by atoms with Gasteiger partial charge >= 0.3 is 5.97 Å². The van der Waals surface area contributed by atoms with Crippen molar-refractivity contribution in [2.24, 2.45) is 5.92 Å². The number of rotatable bonds is 6. The fraction of sp³-hybridized carbons (Fsp3) is 0.304. The van der Waals surface area contributed by atoms with Crippen LogP contribution in [0, 0.1) is 11.7 Å². The minimum absolute atomic E-state index is 0.178. The maximum Gasteiger partial charge on any atom is 0.317 e. The molecule has 0 N–H and O–H groups in total. The highest BCUT2D eigenvalue weighted by molar-refractivity contribution is 6.10. The van der Waals surface area contributed by atoms with E-state index in [0.29, 0.717) is 29.1 Å². The lowest BCUT2D eigenvalue weighted by atomic mass is 9.73. The third kappa shape index (κ3) is 4.47. The molecule has 0 saturated carbocycles. The number of esters is 1. The molecule has 3 rings (SSSR count). The highest BCUT2D eigenvalue weighted by atomic mass is 19.1. The van der Waals surface area contributed by atoms with Crippen molar-refractivity contribution < 1.29 is 28.2 Å².